The minimum Gasteiger partial charge on any atom is -0.338 e. The van der Waals surface area contributed by atoms with Gasteiger partial charge in [0, 0.05) is 11.1 Å². The summed E-state index contributed by atoms with van der Waals surface area (Å²) < 4.78 is 0. The summed E-state index contributed by atoms with van der Waals surface area (Å²) in [5, 5.41) is 17.9. The molecule has 2 aromatic heterocycles. The molecule has 0 aliphatic rings. The normalized spacial score (nSPS) is 10.8. The Kier molecular flexibility index (Phi) is 3.43. The standard InChI is InChI=1S/C22H12N6/c23-11-13-1-5-15(6-2-13)21-25-17-9-19-20(10-18(17)26-21)28-22(27-19)16-7-3-14(12-24)4-8-16/h1-10H,(H,25,26)(H,27,28). The zero-order valence-electron chi connectivity index (χ0n) is 14.6. The predicted octanol–water partition coefficient (Wildman–Crippen LogP) is 4.52. The summed E-state index contributed by atoms with van der Waals surface area (Å²) in [7, 11) is 0. The van der Waals surface area contributed by atoms with Crippen molar-refractivity contribution in [2.45, 2.75) is 0 Å². The molecule has 0 amide bonds. The van der Waals surface area contributed by atoms with Crippen LogP contribution in [0.2, 0.25) is 0 Å². The van der Waals surface area contributed by atoms with E-state index in [0.29, 0.717) is 11.1 Å². The van der Waals surface area contributed by atoms with E-state index in [0.717, 1.165) is 44.8 Å². The Morgan fingerprint density at radius 1 is 0.607 bits per heavy atom. The van der Waals surface area contributed by atoms with Crippen molar-refractivity contribution < 1.29 is 0 Å². The van der Waals surface area contributed by atoms with Gasteiger partial charge in [0.15, 0.2) is 0 Å². The van der Waals surface area contributed by atoms with Crippen LogP contribution in [-0.2, 0) is 0 Å². The lowest BCUT2D eigenvalue weighted by Crippen LogP contribution is -1.81. The van der Waals surface area contributed by atoms with Crippen LogP contribution in [0.4, 0.5) is 0 Å². The first-order chi connectivity index (χ1) is 13.7. The van der Waals surface area contributed by atoms with Gasteiger partial charge in [0.2, 0.25) is 0 Å². The highest BCUT2D eigenvalue weighted by Crippen LogP contribution is 2.26. The van der Waals surface area contributed by atoms with Crippen molar-refractivity contribution in [3.05, 3.63) is 71.8 Å². The third kappa shape index (κ3) is 2.57. The molecule has 6 heteroatoms. The average Bonchev–Trinajstić information content (AvgIpc) is 3.35. The topological polar surface area (TPSA) is 105 Å². The molecule has 5 rings (SSSR count). The molecule has 0 aliphatic heterocycles. The number of hydrogen-bond donors (Lipinski definition) is 2. The van der Waals surface area contributed by atoms with E-state index in [1.807, 2.05) is 36.4 Å². The zero-order chi connectivity index (χ0) is 19.1. The van der Waals surface area contributed by atoms with E-state index in [1.165, 1.54) is 0 Å². The Balaban J connectivity index is 1.56. The van der Waals surface area contributed by atoms with Gasteiger partial charge in [-0.3, -0.25) is 0 Å². The summed E-state index contributed by atoms with van der Waals surface area (Å²) in [5.74, 6) is 1.50. The Bertz CT molecular complexity index is 1250. The van der Waals surface area contributed by atoms with Crippen molar-refractivity contribution in [1.82, 2.24) is 19.9 Å². The third-order valence-corrected chi connectivity index (χ3v) is 4.66. The van der Waals surface area contributed by atoms with E-state index in [9.17, 15) is 0 Å². The molecular weight excluding hydrogens is 348 g/mol. The summed E-state index contributed by atoms with van der Waals surface area (Å²) in [6.07, 6.45) is 0. The van der Waals surface area contributed by atoms with Gasteiger partial charge < -0.3 is 9.97 Å². The first-order valence-electron chi connectivity index (χ1n) is 8.64. The van der Waals surface area contributed by atoms with Gasteiger partial charge in [-0.15, -0.1) is 0 Å². The van der Waals surface area contributed by atoms with Crippen LogP contribution in [0.3, 0.4) is 0 Å². The molecule has 0 bridgehead atoms. The largest absolute Gasteiger partial charge is 0.338 e. The highest BCUT2D eigenvalue weighted by Gasteiger charge is 2.11. The van der Waals surface area contributed by atoms with Crippen molar-refractivity contribution >= 4 is 22.1 Å². The first kappa shape index (κ1) is 15.8. The van der Waals surface area contributed by atoms with Crippen LogP contribution in [0.1, 0.15) is 11.1 Å². The Morgan fingerprint density at radius 2 is 1.04 bits per heavy atom. The molecule has 28 heavy (non-hydrogen) atoms. The molecule has 0 spiro atoms. The van der Waals surface area contributed by atoms with Gasteiger partial charge in [-0.1, -0.05) is 0 Å². The number of rotatable bonds is 2. The lowest BCUT2D eigenvalue weighted by atomic mass is 10.1. The van der Waals surface area contributed by atoms with E-state index in [-0.39, 0.29) is 0 Å². The minimum atomic E-state index is 0.618. The summed E-state index contributed by atoms with van der Waals surface area (Å²) in [5.41, 5.74) is 6.54. The van der Waals surface area contributed by atoms with Crippen LogP contribution in [0, 0.1) is 22.7 Å². The molecule has 3 aromatic carbocycles. The number of nitriles is 2. The second-order valence-corrected chi connectivity index (χ2v) is 6.44. The molecule has 0 atom stereocenters. The SMILES string of the molecule is N#Cc1ccc(-c2nc3cc4nc(-c5ccc(C#N)cc5)[nH]c4cc3[nH]2)cc1. The van der Waals surface area contributed by atoms with Gasteiger partial charge in [-0.05, 0) is 60.7 Å². The number of nitrogens with zero attached hydrogens (tertiary/aromatic N) is 4. The number of hydrogen-bond acceptors (Lipinski definition) is 4. The van der Waals surface area contributed by atoms with Crippen molar-refractivity contribution in [1.29, 1.82) is 10.5 Å². The van der Waals surface area contributed by atoms with Gasteiger partial charge in [-0.2, -0.15) is 10.5 Å². The van der Waals surface area contributed by atoms with Crippen LogP contribution in [-0.4, -0.2) is 19.9 Å². The number of H-pyrrole nitrogens is 2. The fraction of sp³-hybridized carbons (Fsp3) is 0. The maximum Gasteiger partial charge on any atom is 0.138 e. The van der Waals surface area contributed by atoms with Crippen LogP contribution in [0.25, 0.3) is 44.8 Å². The number of nitrogens with one attached hydrogen (secondary N) is 2. The second kappa shape index (κ2) is 6.08. The van der Waals surface area contributed by atoms with Crippen LogP contribution >= 0.6 is 0 Å². The fourth-order valence-electron chi connectivity index (χ4n) is 3.19. The Hall–Kier alpha value is -4.42. The molecule has 130 valence electrons. The van der Waals surface area contributed by atoms with Gasteiger partial charge in [0.1, 0.15) is 11.6 Å². The fourth-order valence-corrected chi connectivity index (χ4v) is 3.19. The Morgan fingerprint density at radius 3 is 1.43 bits per heavy atom. The lowest BCUT2D eigenvalue weighted by Gasteiger charge is -1.95. The monoisotopic (exact) mass is 360 g/mol. The summed E-state index contributed by atoms with van der Waals surface area (Å²) >= 11 is 0. The molecule has 0 fully saturated rings. The predicted molar refractivity (Wildman–Crippen MR) is 106 cm³/mol. The van der Waals surface area contributed by atoms with Gasteiger partial charge in [0.25, 0.3) is 0 Å². The van der Waals surface area contributed by atoms with Crippen LogP contribution < -0.4 is 0 Å². The van der Waals surface area contributed by atoms with Crippen molar-refractivity contribution in [2.75, 3.05) is 0 Å². The van der Waals surface area contributed by atoms with E-state index < -0.39 is 0 Å². The maximum atomic E-state index is 8.93. The number of benzene rings is 3. The molecular formula is C22H12N6. The van der Waals surface area contributed by atoms with E-state index in [1.54, 1.807) is 24.3 Å². The van der Waals surface area contributed by atoms with Gasteiger partial charge in [0.05, 0.1) is 45.3 Å². The van der Waals surface area contributed by atoms with Crippen LogP contribution in [0.5, 0.6) is 0 Å². The van der Waals surface area contributed by atoms with Crippen molar-refractivity contribution in [2.24, 2.45) is 0 Å². The number of aromatic nitrogens is 4. The first-order valence-corrected chi connectivity index (χ1v) is 8.64. The van der Waals surface area contributed by atoms with E-state index in [4.69, 9.17) is 10.5 Å². The molecule has 0 saturated heterocycles. The van der Waals surface area contributed by atoms with Gasteiger partial charge in [-0.25, -0.2) is 9.97 Å². The third-order valence-electron chi connectivity index (χ3n) is 4.66. The molecule has 0 aliphatic carbocycles. The van der Waals surface area contributed by atoms with Gasteiger partial charge >= 0.3 is 0 Å². The Labute approximate surface area is 159 Å². The second-order valence-electron chi connectivity index (χ2n) is 6.44. The minimum absolute atomic E-state index is 0.618. The highest BCUT2D eigenvalue weighted by atomic mass is 14.9. The summed E-state index contributed by atoms with van der Waals surface area (Å²) in [6, 6.07) is 22.8. The molecule has 0 radical (unpaired) electrons. The molecule has 2 N–H and O–H groups in total. The van der Waals surface area contributed by atoms with Crippen LogP contribution in [0.15, 0.2) is 60.7 Å². The quantitative estimate of drug-likeness (QED) is 0.483. The smallest absolute Gasteiger partial charge is 0.138 e. The number of aromatic amines is 2. The van der Waals surface area contributed by atoms with E-state index >= 15 is 0 Å². The van der Waals surface area contributed by atoms with E-state index in [2.05, 4.69) is 32.1 Å². The molecule has 2 heterocycles. The molecule has 0 saturated carbocycles. The molecule has 0 unspecified atom stereocenters. The zero-order valence-corrected chi connectivity index (χ0v) is 14.6. The summed E-state index contributed by atoms with van der Waals surface area (Å²) in [6.45, 7) is 0. The maximum absolute atomic E-state index is 8.93. The molecule has 5 aromatic rings. The van der Waals surface area contributed by atoms with Crippen molar-refractivity contribution in [3.8, 4) is 34.9 Å². The highest BCUT2D eigenvalue weighted by molar-refractivity contribution is 5.94. The number of imidazole rings is 2. The average molecular weight is 360 g/mol. The lowest BCUT2D eigenvalue weighted by molar-refractivity contribution is 1.32. The molecule has 6 nitrogen and oxygen atoms in total. The number of fused-ring (bicyclic) bond motifs is 2. The van der Waals surface area contributed by atoms with Crippen molar-refractivity contribution in [3.63, 3.8) is 0 Å². The summed E-state index contributed by atoms with van der Waals surface area (Å²) in [4.78, 5) is 16.0.